The highest BCUT2D eigenvalue weighted by Crippen LogP contribution is 2.36. The van der Waals surface area contributed by atoms with Gasteiger partial charge in [-0.2, -0.15) is 0 Å². The number of nitrogens with one attached hydrogen (secondary N) is 1. The first-order chi connectivity index (χ1) is 8.15. The van der Waals surface area contributed by atoms with Gasteiger partial charge in [0.25, 0.3) is 0 Å². The molecule has 17 heavy (non-hydrogen) atoms. The lowest BCUT2D eigenvalue weighted by molar-refractivity contribution is -0.129. The van der Waals surface area contributed by atoms with Crippen molar-refractivity contribution < 1.29 is 4.79 Å². The second kappa shape index (κ2) is 4.96. The summed E-state index contributed by atoms with van der Waals surface area (Å²) in [7, 11) is 0. The van der Waals surface area contributed by atoms with Crippen molar-refractivity contribution in [3.63, 3.8) is 0 Å². The summed E-state index contributed by atoms with van der Waals surface area (Å²) >= 11 is 0. The lowest BCUT2D eigenvalue weighted by atomic mass is 9.71. The molecule has 1 unspecified atom stereocenters. The Morgan fingerprint density at radius 1 is 1.47 bits per heavy atom. The zero-order chi connectivity index (χ0) is 12.3. The van der Waals surface area contributed by atoms with Crippen LogP contribution in [-0.2, 0) is 11.2 Å². The van der Waals surface area contributed by atoms with E-state index < -0.39 is 0 Å². The topological polar surface area (TPSA) is 42.0 Å². The van der Waals surface area contributed by atoms with E-state index in [0.717, 1.165) is 25.1 Å². The molecule has 0 spiro atoms. The lowest BCUT2D eigenvalue weighted by Gasteiger charge is -2.31. The third-order valence-electron chi connectivity index (χ3n) is 3.96. The predicted molar refractivity (Wildman–Crippen MR) is 67.7 cm³/mol. The number of Topliss-reactive ketones (excluding diaryl/α,β-unsaturated/α-hetero) is 1. The molecule has 0 amide bonds. The van der Waals surface area contributed by atoms with Crippen LogP contribution in [0.25, 0.3) is 0 Å². The number of aromatic nitrogens is 1. The van der Waals surface area contributed by atoms with Crippen molar-refractivity contribution >= 4 is 5.78 Å². The Balaban J connectivity index is 2.13. The van der Waals surface area contributed by atoms with Crippen LogP contribution in [0.4, 0.5) is 0 Å². The molecule has 0 aliphatic carbocycles. The molecule has 1 saturated heterocycles. The molecular formula is C14H20N2O. The average Bonchev–Trinajstić information content (AvgIpc) is 2.80. The van der Waals surface area contributed by atoms with Gasteiger partial charge in [-0.25, -0.2) is 0 Å². The fourth-order valence-electron chi connectivity index (χ4n) is 2.63. The number of hydrogen-bond donors (Lipinski definition) is 1. The predicted octanol–water partition coefficient (Wildman–Crippen LogP) is 1.83. The number of ketones is 1. The Kier molecular flexibility index (Phi) is 3.57. The van der Waals surface area contributed by atoms with E-state index in [-0.39, 0.29) is 5.41 Å². The first-order valence-corrected chi connectivity index (χ1v) is 6.28. The van der Waals surface area contributed by atoms with Gasteiger partial charge in [0.15, 0.2) is 0 Å². The molecular weight excluding hydrogens is 212 g/mol. The van der Waals surface area contributed by atoms with E-state index >= 15 is 0 Å². The molecule has 0 saturated carbocycles. The minimum Gasteiger partial charge on any atom is -0.316 e. The Morgan fingerprint density at radius 3 is 2.71 bits per heavy atom. The molecule has 1 fully saturated rings. The number of carbonyl (C=O) groups excluding carboxylic acids is 1. The van der Waals surface area contributed by atoms with Crippen LogP contribution in [0.2, 0.25) is 0 Å². The molecule has 92 valence electrons. The highest BCUT2D eigenvalue weighted by molar-refractivity contribution is 5.87. The molecule has 1 aromatic heterocycles. The summed E-state index contributed by atoms with van der Waals surface area (Å²) in [6.45, 7) is 6.09. The number of hydrogen-bond acceptors (Lipinski definition) is 3. The number of carbonyl (C=O) groups is 1. The van der Waals surface area contributed by atoms with Crippen molar-refractivity contribution in [3.05, 3.63) is 30.1 Å². The van der Waals surface area contributed by atoms with Crippen LogP contribution in [0.1, 0.15) is 25.8 Å². The zero-order valence-corrected chi connectivity index (χ0v) is 10.6. The Morgan fingerprint density at radius 2 is 2.18 bits per heavy atom. The van der Waals surface area contributed by atoms with Gasteiger partial charge in [-0.1, -0.05) is 13.8 Å². The summed E-state index contributed by atoms with van der Waals surface area (Å²) < 4.78 is 0. The van der Waals surface area contributed by atoms with Crippen molar-refractivity contribution in [3.8, 4) is 0 Å². The van der Waals surface area contributed by atoms with Gasteiger partial charge in [0.2, 0.25) is 0 Å². The van der Waals surface area contributed by atoms with Crippen LogP contribution >= 0.6 is 0 Å². The second-order valence-electron chi connectivity index (χ2n) is 5.19. The largest absolute Gasteiger partial charge is 0.316 e. The van der Waals surface area contributed by atoms with Crippen molar-refractivity contribution in [2.75, 3.05) is 13.1 Å². The highest BCUT2D eigenvalue weighted by Gasteiger charge is 2.42. The third kappa shape index (κ3) is 2.39. The van der Waals surface area contributed by atoms with E-state index in [1.54, 1.807) is 12.4 Å². The smallest absolute Gasteiger partial charge is 0.144 e. The summed E-state index contributed by atoms with van der Waals surface area (Å²) in [5.74, 6) is 0.760. The van der Waals surface area contributed by atoms with Crippen LogP contribution in [0.5, 0.6) is 0 Å². The summed E-state index contributed by atoms with van der Waals surface area (Å²) in [5.41, 5.74) is 0.903. The molecule has 0 aromatic carbocycles. The monoisotopic (exact) mass is 232 g/mol. The lowest BCUT2D eigenvalue weighted by Crippen LogP contribution is -2.39. The zero-order valence-electron chi connectivity index (χ0n) is 10.6. The molecule has 0 bridgehead atoms. The normalized spacial score (nSPS) is 24.2. The van der Waals surface area contributed by atoms with Gasteiger partial charge in [0.1, 0.15) is 5.78 Å². The van der Waals surface area contributed by atoms with Crippen molar-refractivity contribution in [1.82, 2.24) is 10.3 Å². The highest BCUT2D eigenvalue weighted by atomic mass is 16.1. The van der Waals surface area contributed by atoms with E-state index in [4.69, 9.17) is 0 Å². The first kappa shape index (κ1) is 12.2. The number of nitrogens with zero attached hydrogens (tertiary/aromatic N) is 1. The molecule has 1 aromatic rings. The molecule has 3 nitrogen and oxygen atoms in total. The fourth-order valence-corrected chi connectivity index (χ4v) is 2.63. The van der Waals surface area contributed by atoms with Crippen LogP contribution in [-0.4, -0.2) is 23.9 Å². The van der Waals surface area contributed by atoms with Crippen LogP contribution in [0, 0.1) is 11.3 Å². The Hall–Kier alpha value is -1.22. The van der Waals surface area contributed by atoms with Gasteiger partial charge in [-0.05, 0) is 36.6 Å². The van der Waals surface area contributed by atoms with Crippen LogP contribution < -0.4 is 5.32 Å². The Labute approximate surface area is 103 Å². The van der Waals surface area contributed by atoms with E-state index in [1.807, 2.05) is 12.1 Å². The number of rotatable bonds is 4. The van der Waals surface area contributed by atoms with Gasteiger partial charge < -0.3 is 5.32 Å². The molecule has 0 radical (unpaired) electrons. The maximum Gasteiger partial charge on any atom is 0.144 e. The maximum absolute atomic E-state index is 12.5. The van der Waals surface area contributed by atoms with Gasteiger partial charge in [-0.3, -0.25) is 9.78 Å². The van der Waals surface area contributed by atoms with Crippen molar-refractivity contribution in [2.45, 2.75) is 26.7 Å². The van der Waals surface area contributed by atoms with Gasteiger partial charge in [0.05, 0.1) is 0 Å². The first-order valence-electron chi connectivity index (χ1n) is 6.28. The number of pyridine rings is 1. The van der Waals surface area contributed by atoms with E-state index in [9.17, 15) is 4.79 Å². The third-order valence-corrected chi connectivity index (χ3v) is 3.96. The van der Waals surface area contributed by atoms with Crippen molar-refractivity contribution in [2.24, 2.45) is 11.3 Å². The average molecular weight is 232 g/mol. The van der Waals surface area contributed by atoms with E-state index in [2.05, 4.69) is 24.1 Å². The molecule has 3 heteroatoms. The van der Waals surface area contributed by atoms with Gasteiger partial charge >= 0.3 is 0 Å². The van der Waals surface area contributed by atoms with E-state index in [1.165, 1.54) is 0 Å². The maximum atomic E-state index is 12.5. The Bertz CT molecular complexity index is 380. The molecule has 1 atom stereocenters. The van der Waals surface area contributed by atoms with Crippen LogP contribution in [0.3, 0.4) is 0 Å². The van der Waals surface area contributed by atoms with Crippen LogP contribution in [0.15, 0.2) is 24.5 Å². The summed E-state index contributed by atoms with van der Waals surface area (Å²) in [5, 5.41) is 3.33. The summed E-state index contributed by atoms with van der Waals surface area (Å²) in [6, 6.07) is 3.85. The molecule has 2 heterocycles. The molecule has 2 rings (SSSR count). The summed E-state index contributed by atoms with van der Waals surface area (Å²) in [6.07, 6.45) is 4.99. The minimum absolute atomic E-state index is 0.163. The van der Waals surface area contributed by atoms with Gasteiger partial charge in [0, 0.05) is 30.8 Å². The molecule has 1 aliphatic rings. The SMILES string of the molecule is CC(C)C1(C(=O)Cc2ccncc2)CCNC1. The molecule has 1 aliphatic heterocycles. The van der Waals surface area contributed by atoms with E-state index in [0.29, 0.717) is 18.1 Å². The van der Waals surface area contributed by atoms with Gasteiger partial charge in [-0.15, -0.1) is 0 Å². The standard InChI is InChI=1S/C14H20N2O/c1-11(2)14(5-8-16-10-14)13(17)9-12-3-6-15-7-4-12/h3-4,6-7,11,16H,5,8-10H2,1-2H3. The van der Waals surface area contributed by atoms with Crippen molar-refractivity contribution in [1.29, 1.82) is 0 Å². The second-order valence-corrected chi connectivity index (χ2v) is 5.19. The quantitative estimate of drug-likeness (QED) is 0.861. The fraction of sp³-hybridized carbons (Fsp3) is 0.571. The molecule has 1 N–H and O–H groups in total. The summed E-state index contributed by atoms with van der Waals surface area (Å²) in [4.78, 5) is 16.5. The minimum atomic E-state index is -0.163.